The van der Waals surface area contributed by atoms with Crippen LogP contribution in [0.1, 0.15) is 46.1 Å². The summed E-state index contributed by atoms with van der Waals surface area (Å²) in [6.45, 7) is -0.100. The second-order valence-electron chi connectivity index (χ2n) is 7.34. The molecule has 3 aromatic heterocycles. The number of nitrogens with zero attached hydrogens (tertiary/aromatic N) is 4. The number of carbonyl (C=O) groups excluding carboxylic acids is 1. The molecule has 4 aromatic rings. The number of nitrogens with one attached hydrogen (secondary N) is 1. The molecule has 4 rings (SSSR count). The minimum atomic E-state index is -3.15. The highest BCUT2D eigenvalue weighted by molar-refractivity contribution is 9.10. The lowest BCUT2D eigenvalue weighted by Gasteiger charge is -2.05. The summed E-state index contributed by atoms with van der Waals surface area (Å²) in [6, 6.07) is 7.76. The van der Waals surface area contributed by atoms with E-state index in [2.05, 4.69) is 31.4 Å². The molecule has 1 N–H and O–H groups in total. The highest BCUT2D eigenvalue weighted by Gasteiger charge is 2.28. The van der Waals surface area contributed by atoms with E-state index in [1.807, 2.05) is 0 Å². The molecule has 3 heterocycles. The number of amides is 1. The van der Waals surface area contributed by atoms with Crippen LogP contribution in [0.5, 0.6) is 0 Å². The summed E-state index contributed by atoms with van der Waals surface area (Å²) in [7, 11) is 0. The van der Waals surface area contributed by atoms with Gasteiger partial charge in [-0.2, -0.15) is 10.2 Å². The Labute approximate surface area is 224 Å². The van der Waals surface area contributed by atoms with Crippen LogP contribution in [0.4, 0.5) is 23.4 Å². The van der Waals surface area contributed by atoms with Gasteiger partial charge >= 0.3 is 0 Å². The van der Waals surface area contributed by atoms with Gasteiger partial charge < -0.3 is 9.73 Å². The predicted molar refractivity (Wildman–Crippen MR) is 128 cm³/mol. The molecule has 190 valence electrons. The van der Waals surface area contributed by atoms with Gasteiger partial charge in [0.05, 0.1) is 32.6 Å². The molecule has 15 heteroatoms. The third-order valence-electron chi connectivity index (χ3n) is 4.84. The van der Waals surface area contributed by atoms with Crippen molar-refractivity contribution in [2.75, 3.05) is 5.32 Å². The number of benzene rings is 1. The molecule has 0 aliphatic carbocycles. The zero-order chi connectivity index (χ0) is 26.1. The van der Waals surface area contributed by atoms with E-state index in [0.29, 0.717) is 25.7 Å². The first-order valence-corrected chi connectivity index (χ1v) is 11.9. The largest absolute Gasteiger partial charge is 0.454 e. The predicted octanol–water partition coefficient (Wildman–Crippen LogP) is 7.62. The van der Waals surface area contributed by atoms with Crippen molar-refractivity contribution in [1.82, 2.24) is 19.6 Å². The Kier molecular flexibility index (Phi) is 7.98. The molecule has 0 saturated heterocycles. The average molecular weight is 630 g/mol. The van der Waals surface area contributed by atoms with E-state index in [1.165, 1.54) is 12.1 Å². The number of furan rings is 1. The number of carbonyl (C=O) groups is 1. The van der Waals surface area contributed by atoms with Gasteiger partial charge in [-0.3, -0.25) is 14.2 Å². The number of alkyl halides is 4. The molecular formula is C21H13BrCl3F4N5O2. The van der Waals surface area contributed by atoms with Gasteiger partial charge in [0.25, 0.3) is 18.8 Å². The monoisotopic (exact) mass is 627 g/mol. The Morgan fingerprint density at radius 3 is 2.44 bits per heavy atom. The summed E-state index contributed by atoms with van der Waals surface area (Å²) in [4.78, 5) is 12.6. The van der Waals surface area contributed by atoms with Gasteiger partial charge in [-0.1, -0.05) is 40.9 Å². The van der Waals surface area contributed by atoms with Crippen LogP contribution in [0.25, 0.3) is 0 Å². The maximum Gasteiger partial charge on any atom is 0.292 e. The maximum absolute atomic E-state index is 13.3. The van der Waals surface area contributed by atoms with Crippen LogP contribution >= 0.6 is 50.7 Å². The lowest BCUT2D eigenvalue weighted by Crippen LogP contribution is -2.12. The summed E-state index contributed by atoms with van der Waals surface area (Å²) < 4.78 is 60.8. The summed E-state index contributed by atoms with van der Waals surface area (Å²) in [5, 5.41) is 10.3. The third-order valence-corrected chi connectivity index (χ3v) is 6.54. The number of anilines is 1. The van der Waals surface area contributed by atoms with Gasteiger partial charge in [-0.25, -0.2) is 17.6 Å². The van der Waals surface area contributed by atoms with E-state index < -0.39 is 41.7 Å². The van der Waals surface area contributed by atoms with Crippen LogP contribution in [-0.4, -0.2) is 25.5 Å². The standard InChI is InChI=1S/C21H13BrCl3F4N5O2/c22-11-8-33(6-9-1-3-12(23)13(24)5-9)32-20(11)30-21(35)14-4-2-10(36-14)7-34-17(19(28)29)15(25)16(31-34)18(26)27/h1-5,8,18-19H,6-7H2,(H,30,32,35). The molecule has 0 aliphatic rings. The first kappa shape index (κ1) is 26.5. The van der Waals surface area contributed by atoms with Crippen molar-refractivity contribution >= 4 is 62.5 Å². The zero-order valence-corrected chi connectivity index (χ0v) is 21.5. The Morgan fingerprint density at radius 1 is 1.03 bits per heavy atom. The second-order valence-corrected chi connectivity index (χ2v) is 9.38. The molecule has 0 bridgehead atoms. The highest BCUT2D eigenvalue weighted by Crippen LogP contribution is 2.35. The Balaban J connectivity index is 1.47. The smallest absolute Gasteiger partial charge is 0.292 e. The third kappa shape index (κ3) is 5.72. The summed E-state index contributed by atoms with van der Waals surface area (Å²) in [5.41, 5.74) is -1.01. The van der Waals surface area contributed by atoms with Crippen molar-refractivity contribution in [3.8, 4) is 0 Å². The fourth-order valence-electron chi connectivity index (χ4n) is 3.23. The minimum absolute atomic E-state index is 0.0197. The maximum atomic E-state index is 13.3. The number of aromatic nitrogens is 4. The number of halogens is 8. The van der Waals surface area contributed by atoms with E-state index in [0.717, 1.165) is 5.56 Å². The van der Waals surface area contributed by atoms with Crippen molar-refractivity contribution in [2.24, 2.45) is 0 Å². The van der Waals surface area contributed by atoms with Crippen LogP contribution in [0, 0.1) is 0 Å². The molecule has 0 spiro atoms. The molecule has 0 aliphatic heterocycles. The summed E-state index contributed by atoms with van der Waals surface area (Å²) in [5.74, 6) is -0.630. The molecule has 1 aromatic carbocycles. The van der Waals surface area contributed by atoms with Crippen molar-refractivity contribution < 1.29 is 26.8 Å². The van der Waals surface area contributed by atoms with Gasteiger partial charge in [0, 0.05) is 6.20 Å². The number of rotatable bonds is 8. The van der Waals surface area contributed by atoms with Crippen molar-refractivity contribution in [1.29, 1.82) is 0 Å². The number of hydrogen-bond donors (Lipinski definition) is 1. The van der Waals surface area contributed by atoms with Gasteiger partial charge in [0.1, 0.15) is 17.1 Å². The minimum Gasteiger partial charge on any atom is -0.454 e. The molecule has 0 fully saturated rings. The van der Waals surface area contributed by atoms with Crippen LogP contribution in [0.2, 0.25) is 15.1 Å². The molecular weight excluding hydrogens is 617 g/mol. The number of hydrogen-bond acceptors (Lipinski definition) is 4. The van der Waals surface area contributed by atoms with E-state index >= 15 is 0 Å². The summed E-state index contributed by atoms with van der Waals surface area (Å²) in [6.07, 6.45) is -4.64. The molecule has 36 heavy (non-hydrogen) atoms. The van der Waals surface area contributed by atoms with Gasteiger partial charge in [-0.15, -0.1) is 0 Å². The topological polar surface area (TPSA) is 77.9 Å². The van der Waals surface area contributed by atoms with Crippen molar-refractivity contribution in [2.45, 2.75) is 25.9 Å². The van der Waals surface area contributed by atoms with Crippen LogP contribution in [0.3, 0.4) is 0 Å². The molecule has 0 unspecified atom stereocenters. The second kappa shape index (κ2) is 10.8. The van der Waals surface area contributed by atoms with E-state index in [4.69, 9.17) is 39.2 Å². The molecule has 0 atom stereocenters. The van der Waals surface area contributed by atoms with E-state index in [-0.39, 0.29) is 17.3 Å². The van der Waals surface area contributed by atoms with Gasteiger partial charge in [-0.05, 0) is 45.8 Å². The fourth-order valence-corrected chi connectivity index (χ4v) is 4.27. The van der Waals surface area contributed by atoms with Crippen LogP contribution in [-0.2, 0) is 13.1 Å². The van der Waals surface area contributed by atoms with Gasteiger partial charge in [0.15, 0.2) is 11.6 Å². The first-order valence-electron chi connectivity index (χ1n) is 9.92. The Morgan fingerprint density at radius 2 is 1.78 bits per heavy atom. The highest BCUT2D eigenvalue weighted by atomic mass is 79.9. The Hall–Kier alpha value is -2.54. The lowest BCUT2D eigenvalue weighted by molar-refractivity contribution is 0.0993. The van der Waals surface area contributed by atoms with E-state index in [1.54, 1.807) is 29.1 Å². The van der Waals surface area contributed by atoms with Crippen molar-refractivity contribution in [3.05, 3.63) is 84.5 Å². The van der Waals surface area contributed by atoms with E-state index in [9.17, 15) is 22.4 Å². The Bertz CT molecular complexity index is 1420. The lowest BCUT2D eigenvalue weighted by atomic mass is 10.2. The summed E-state index contributed by atoms with van der Waals surface area (Å²) >= 11 is 20.9. The fraction of sp³-hybridized carbons (Fsp3) is 0.190. The SMILES string of the molecule is O=C(Nc1nn(Cc2ccc(Cl)c(Cl)c2)cc1Br)c1ccc(Cn2nc(C(F)F)c(Cl)c2C(F)F)o1. The van der Waals surface area contributed by atoms with Crippen molar-refractivity contribution in [3.63, 3.8) is 0 Å². The first-order chi connectivity index (χ1) is 17.0. The van der Waals surface area contributed by atoms with Gasteiger partial charge in [0.2, 0.25) is 0 Å². The molecule has 0 radical (unpaired) electrons. The molecule has 0 saturated carbocycles. The molecule has 7 nitrogen and oxygen atoms in total. The quantitative estimate of drug-likeness (QED) is 0.204. The molecule has 1 amide bonds. The normalized spacial score (nSPS) is 11.6. The zero-order valence-electron chi connectivity index (χ0n) is 17.7. The van der Waals surface area contributed by atoms with Crippen LogP contribution < -0.4 is 5.32 Å². The average Bonchev–Trinajstić information content (AvgIpc) is 3.49. The van der Waals surface area contributed by atoms with Crippen LogP contribution in [0.15, 0.2) is 45.4 Å².